The second-order valence-electron chi connectivity index (χ2n) is 4.47. The van der Waals surface area contributed by atoms with E-state index in [0.29, 0.717) is 37.2 Å². The molecular formula is C13H16Cl2F2N2O2S. The summed E-state index contributed by atoms with van der Waals surface area (Å²) >= 11 is 6.23. The number of anilines is 1. The molecule has 1 fully saturated rings. The topological polar surface area (TPSA) is 50.4 Å². The fourth-order valence-electron chi connectivity index (χ4n) is 1.99. The van der Waals surface area contributed by atoms with Gasteiger partial charge in [-0.1, -0.05) is 29.4 Å². The van der Waals surface area contributed by atoms with E-state index < -0.39 is 5.76 Å². The molecule has 0 aromatic heterocycles. The fraction of sp³-hybridized carbons (Fsp3) is 0.462. The zero-order valence-corrected chi connectivity index (χ0v) is 13.9. The number of alkyl halides is 2. The Bertz CT molecular complexity index is 503. The molecule has 0 spiro atoms. The van der Waals surface area contributed by atoms with E-state index in [1.54, 1.807) is 12.1 Å². The van der Waals surface area contributed by atoms with Crippen LogP contribution in [0.1, 0.15) is 6.42 Å². The van der Waals surface area contributed by atoms with Crippen LogP contribution in [0.4, 0.5) is 14.5 Å². The second-order valence-corrected chi connectivity index (χ2v) is 5.88. The maximum absolute atomic E-state index is 12.6. The lowest BCUT2D eigenvalue weighted by Gasteiger charge is -2.23. The molecule has 9 heteroatoms. The number of carbonyl (C=O) groups is 1. The zero-order valence-electron chi connectivity index (χ0n) is 11.5. The summed E-state index contributed by atoms with van der Waals surface area (Å²) in [5, 5.41) is 5.98. The molecular weight excluding hydrogens is 357 g/mol. The SMILES string of the molecule is Cl.O=C(CC1COCCN1)Nc1cccc(Cl)c1SC(F)F. The highest BCUT2D eigenvalue weighted by molar-refractivity contribution is 7.99. The molecule has 22 heavy (non-hydrogen) atoms. The number of benzene rings is 1. The maximum Gasteiger partial charge on any atom is 0.289 e. The Hall–Kier alpha value is -0.600. The molecule has 1 amide bonds. The number of ether oxygens (including phenoxy) is 1. The number of halogens is 4. The van der Waals surface area contributed by atoms with Crippen molar-refractivity contribution in [1.29, 1.82) is 0 Å². The number of morpholine rings is 1. The van der Waals surface area contributed by atoms with E-state index in [1.165, 1.54) is 6.07 Å². The van der Waals surface area contributed by atoms with Crippen molar-refractivity contribution in [3.8, 4) is 0 Å². The zero-order chi connectivity index (χ0) is 15.2. The van der Waals surface area contributed by atoms with Crippen molar-refractivity contribution >= 4 is 47.4 Å². The van der Waals surface area contributed by atoms with Crippen LogP contribution in [0.25, 0.3) is 0 Å². The standard InChI is InChI=1S/C13H15ClF2N2O2S.ClH/c14-9-2-1-3-10(12(9)21-13(15)16)18-11(19)6-8-7-20-5-4-17-8;/h1-3,8,13,17H,4-7H2,(H,18,19);1H. The van der Waals surface area contributed by atoms with Gasteiger partial charge in [0, 0.05) is 19.0 Å². The van der Waals surface area contributed by atoms with Gasteiger partial charge in [0.2, 0.25) is 5.91 Å². The Kier molecular flexibility index (Phi) is 8.41. The van der Waals surface area contributed by atoms with Crippen LogP contribution in [-0.4, -0.2) is 37.5 Å². The third-order valence-electron chi connectivity index (χ3n) is 2.88. The van der Waals surface area contributed by atoms with E-state index in [0.717, 1.165) is 0 Å². The van der Waals surface area contributed by atoms with Gasteiger partial charge in [-0.3, -0.25) is 4.79 Å². The summed E-state index contributed by atoms with van der Waals surface area (Å²) in [7, 11) is 0. The highest BCUT2D eigenvalue weighted by atomic mass is 35.5. The predicted molar refractivity (Wildman–Crippen MR) is 86.4 cm³/mol. The molecule has 1 atom stereocenters. The van der Waals surface area contributed by atoms with Gasteiger partial charge in [-0.05, 0) is 12.1 Å². The Morgan fingerprint density at radius 3 is 2.95 bits per heavy atom. The number of amides is 1. The van der Waals surface area contributed by atoms with Gasteiger partial charge in [-0.2, -0.15) is 8.78 Å². The molecule has 4 nitrogen and oxygen atoms in total. The van der Waals surface area contributed by atoms with E-state index in [-0.39, 0.29) is 40.7 Å². The van der Waals surface area contributed by atoms with Crippen LogP contribution < -0.4 is 10.6 Å². The van der Waals surface area contributed by atoms with Gasteiger partial charge in [-0.15, -0.1) is 12.4 Å². The number of nitrogens with one attached hydrogen (secondary N) is 2. The summed E-state index contributed by atoms with van der Waals surface area (Å²) in [5.74, 6) is -2.87. The van der Waals surface area contributed by atoms with E-state index in [4.69, 9.17) is 16.3 Å². The summed E-state index contributed by atoms with van der Waals surface area (Å²) < 4.78 is 30.4. The Morgan fingerprint density at radius 2 is 2.32 bits per heavy atom. The van der Waals surface area contributed by atoms with E-state index in [2.05, 4.69) is 10.6 Å². The normalized spacial score (nSPS) is 17.9. The first-order chi connectivity index (χ1) is 10.1. The molecule has 0 radical (unpaired) electrons. The predicted octanol–water partition coefficient (Wildman–Crippen LogP) is 3.39. The monoisotopic (exact) mass is 372 g/mol. The quantitative estimate of drug-likeness (QED) is 0.777. The Balaban J connectivity index is 0.00000242. The van der Waals surface area contributed by atoms with Gasteiger partial charge in [0.05, 0.1) is 28.8 Å². The molecule has 1 saturated heterocycles. The first-order valence-electron chi connectivity index (χ1n) is 6.40. The van der Waals surface area contributed by atoms with Crippen LogP contribution in [0.2, 0.25) is 5.02 Å². The molecule has 124 valence electrons. The van der Waals surface area contributed by atoms with Gasteiger partial charge < -0.3 is 15.4 Å². The summed E-state index contributed by atoms with van der Waals surface area (Å²) in [5.41, 5.74) is 0.300. The number of hydrogen-bond acceptors (Lipinski definition) is 4. The van der Waals surface area contributed by atoms with Crippen LogP contribution in [0.3, 0.4) is 0 Å². The van der Waals surface area contributed by atoms with Crippen molar-refractivity contribution in [3.05, 3.63) is 23.2 Å². The van der Waals surface area contributed by atoms with Crippen molar-refractivity contribution in [1.82, 2.24) is 5.32 Å². The van der Waals surface area contributed by atoms with Gasteiger partial charge in [-0.25, -0.2) is 0 Å². The molecule has 1 aromatic rings. The highest BCUT2D eigenvalue weighted by Gasteiger charge is 2.19. The summed E-state index contributed by atoms with van der Waals surface area (Å²) in [6.45, 7) is 1.78. The van der Waals surface area contributed by atoms with E-state index >= 15 is 0 Å². The smallest absolute Gasteiger partial charge is 0.289 e. The van der Waals surface area contributed by atoms with E-state index in [1.807, 2.05) is 0 Å². The van der Waals surface area contributed by atoms with Gasteiger partial charge in [0.15, 0.2) is 0 Å². The first kappa shape index (κ1) is 19.4. The van der Waals surface area contributed by atoms with Crippen molar-refractivity contribution in [2.45, 2.75) is 23.1 Å². The lowest BCUT2D eigenvalue weighted by molar-refractivity contribution is -0.117. The Labute approximate surface area is 142 Å². The molecule has 1 aliphatic rings. The van der Waals surface area contributed by atoms with Gasteiger partial charge in [0.1, 0.15) is 0 Å². The average Bonchev–Trinajstić information content (AvgIpc) is 2.43. The number of rotatable bonds is 5. The van der Waals surface area contributed by atoms with Crippen LogP contribution in [0.15, 0.2) is 23.1 Å². The highest BCUT2D eigenvalue weighted by Crippen LogP contribution is 2.37. The molecule has 1 heterocycles. The minimum Gasteiger partial charge on any atom is -0.378 e. The summed E-state index contributed by atoms with van der Waals surface area (Å²) in [6, 6.07) is 4.61. The molecule has 2 rings (SSSR count). The molecule has 1 aliphatic heterocycles. The van der Waals surface area contributed by atoms with Crippen LogP contribution in [-0.2, 0) is 9.53 Å². The molecule has 2 N–H and O–H groups in total. The number of hydrogen-bond donors (Lipinski definition) is 2. The molecule has 0 saturated carbocycles. The van der Waals surface area contributed by atoms with Crippen LogP contribution >= 0.6 is 35.8 Å². The minimum absolute atomic E-state index is 0. The lowest BCUT2D eigenvalue weighted by Crippen LogP contribution is -2.43. The van der Waals surface area contributed by atoms with Crippen molar-refractivity contribution in [3.63, 3.8) is 0 Å². The lowest BCUT2D eigenvalue weighted by atomic mass is 10.2. The molecule has 0 bridgehead atoms. The third-order valence-corrected chi connectivity index (χ3v) is 4.16. The summed E-state index contributed by atoms with van der Waals surface area (Å²) in [6.07, 6.45) is 0.214. The molecule has 0 aliphatic carbocycles. The van der Waals surface area contributed by atoms with Crippen molar-refractivity contribution in [2.24, 2.45) is 0 Å². The van der Waals surface area contributed by atoms with Crippen LogP contribution in [0.5, 0.6) is 0 Å². The number of thioether (sulfide) groups is 1. The fourth-order valence-corrected chi connectivity index (χ4v) is 2.91. The Morgan fingerprint density at radius 1 is 1.55 bits per heavy atom. The number of carbonyl (C=O) groups excluding carboxylic acids is 1. The minimum atomic E-state index is -2.60. The third kappa shape index (κ3) is 5.89. The molecule has 1 aromatic carbocycles. The van der Waals surface area contributed by atoms with Crippen molar-refractivity contribution < 1.29 is 18.3 Å². The average molecular weight is 373 g/mol. The van der Waals surface area contributed by atoms with Gasteiger partial charge in [0.25, 0.3) is 5.76 Å². The van der Waals surface area contributed by atoms with E-state index in [9.17, 15) is 13.6 Å². The van der Waals surface area contributed by atoms with Crippen LogP contribution in [0, 0.1) is 0 Å². The second kappa shape index (κ2) is 9.52. The largest absolute Gasteiger partial charge is 0.378 e. The first-order valence-corrected chi connectivity index (χ1v) is 7.66. The summed E-state index contributed by atoms with van der Waals surface area (Å²) in [4.78, 5) is 12.2. The van der Waals surface area contributed by atoms with Crippen molar-refractivity contribution in [2.75, 3.05) is 25.1 Å². The maximum atomic E-state index is 12.6. The molecule has 1 unspecified atom stereocenters. The van der Waals surface area contributed by atoms with Gasteiger partial charge >= 0.3 is 0 Å².